The molecule has 0 saturated heterocycles. The number of amides is 1. The number of carbonyl (C=O) groups is 1. The Kier molecular flexibility index (Phi) is 3.18. The zero-order valence-electron chi connectivity index (χ0n) is 8.34. The van der Waals surface area contributed by atoms with Crippen LogP contribution in [0.4, 0.5) is 0 Å². The van der Waals surface area contributed by atoms with Crippen molar-refractivity contribution >= 4 is 28.6 Å². The van der Waals surface area contributed by atoms with E-state index in [9.17, 15) is 4.79 Å². The van der Waals surface area contributed by atoms with Crippen LogP contribution in [0.2, 0.25) is 0 Å². The zero-order valence-corrected chi connectivity index (χ0v) is 9.98. The first-order valence-electron chi connectivity index (χ1n) is 4.56. The molecule has 0 fully saturated rings. The van der Waals surface area contributed by atoms with E-state index in [1.807, 2.05) is 35.3 Å². The van der Waals surface area contributed by atoms with Crippen LogP contribution in [0.5, 0.6) is 0 Å². The van der Waals surface area contributed by atoms with Crippen molar-refractivity contribution in [3.8, 4) is 0 Å². The second-order valence-corrected chi connectivity index (χ2v) is 4.86. The zero-order chi connectivity index (χ0) is 10.7. The lowest BCUT2D eigenvalue weighted by molar-refractivity contribution is 0.0786. The lowest BCUT2D eigenvalue weighted by atomic mass is 10.2. The molecule has 0 spiro atoms. The molecule has 2 aromatic heterocycles. The van der Waals surface area contributed by atoms with Gasteiger partial charge in [0.1, 0.15) is 0 Å². The van der Waals surface area contributed by atoms with Crippen molar-refractivity contribution in [2.75, 3.05) is 7.05 Å². The van der Waals surface area contributed by atoms with E-state index in [1.165, 1.54) is 5.56 Å². The third-order valence-corrected chi connectivity index (χ3v) is 3.53. The summed E-state index contributed by atoms with van der Waals surface area (Å²) in [7, 11) is 1.83. The molecule has 0 radical (unpaired) electrons. The molecule has 1 amide bonds. The lowest BCUT2D eigenvalue weighted by Gasteiger charge is -2.15. The second kappa shape index (κ2) is 4.59. The minimum atomic E-state index is 0.0856. The number of rotatable bonds is 3. The van der Waals surface area contributed by atoms with Crippen LogP contribution in [0.3, 0.4) is 0 Å². The van der Waals surface area contributed by atoms with E-state index in [-0.39, 0.29) is 5.91 Å². The summed E-state index contributed by atoms with van der Waals surface area (Å²) in [5.74, 6) is 0.0856. The van der Waals surface area contributed by atoms with Gasteiger partial charge in [0.05, 0.1) is 5.56 Å². The Morgan fingerprint density at radius 2 is 2.00 bits per heavy atom. The highest BCUT2D eigenvalue weighted by molar-refractivity contribution is 7.08. The molecule has 0 aliphatic carbocycles. The predicted molar refractivity (Wildman–Crippen MR) is 64.4 cm³/mol. The second-order valence-electron chi connectivity index (χ2n) is 3.30. The van der Waals surface area contributed by atoms with E-state index in [0.717, 1.165) is 5.56 Å². The molecule has 4 heteroatoms. The SMILES string of the molecule is CN(Cc1ccsc1)C(=O)c1ccsc1. The van der Waals surface area contributed by atoms with Crippen LogP contribution in [0.25, 0.3) is 0 Å². The highest BCUT2D eigenvalue weighted by Gasteiger charge is 2.11. The standard InChI is InChI=1S/C11H11NOS2/c1-12(6-9-2-4-14-7-9)11(13)10-3-5-15-8-10/h2-5,7-8H,6H2,1H3. The van der Waals surface area contributed by atoms with Crippen molar-refractivity contribution in [1.29, 1.82) is 0 Å². The van der Waals surface area contributed by atoms with Gasteiger partial charge in [0.2, 0.25) is 0 Å². The Labute approximate surface area is 96.8 Å². The van der Waals surface area contributed by atoms with Crippen molar-refractivity contribution in [2.24, 2.45) is 0 Å². The summed E-state index contributed by atoms with van der Waals surface area (Å²) in [6, 6.07) is 3.90. The Bertz CT molecular complexity index is 419. The van der Waals surface area contributed by atoms with Crippen LogP contribution >= 0.6 is 22.7 Å². The largest absolute Gasteiger partial charge is 0.337 e. The fourth-order valence-electron chi connectivity index (χ4n) is 1.33. The van der Waals surface area contributed by atoms with Crippen molar-refractivity contribution in [3.63, 3.8) is 0 Å². The highest BCUT2D eigenvalue weighted by Crippen LogP contribution is 2.12. The van der Waals surface area contributed by atoms with Crippen LogP contribution in [0.1, 0.15) is 15.9 Å². The number of hydrogen-bond acceptors (Lipinski definition) is 3. The number of hydrogen-bond donors (Lipinski definition) is 0. The van der Waals surface area contributed by atoms with Gasteiger partial charge in [0.25, 0.3) is 5.91 Å². The molecule has 0 aliphatic heterocycles. The molecule has 0 atom stereocenters. The summed E-state index contributed by atoms with van der Waals surface area (Å²) in [5.41, 5.74) is 1.96. The third-order valence-electron chi connectivity index (χ3n) is 2.11. The molecular weight excluding hydrogens is 226 g/mol. The van der Waals surface area contributed by atoms with Gasteiger partial charge in [0, 0.05) is 19.0 Å². The maximum absolute atomic E-state index is 11.9. The monoisotopic (exact) mass is 237 g/mol. The Balaban J connectivity index is 2.03. The summed E-state index contributed by atoms with van der Waals surface area (Å²) in [6.45, 7) is 0.679. The maximum atomic E-state index is 11.9. The normalized spacial score (nSPS) is 10.2. The van der Waals surface area contributed by atoms with Crippen LogP contribution in [0.15, 0.2) is 33.7 Å². The molecular formula is C11H11NOS2. The molecule has 2 rings (SSSR count). The minimum absolute atomic E-state index is 0.0856. The van der Waals surface area contributed by atoms with Gasteiger partial charge >= 0.3 is 0 Å². The summed E-state index contributed by atoms with van der Waals surface area (Å²) in [4.78, 5) is 13.6. The van der Waals surface area contributed by atoms with Crippen LogP contribution in [0, 0.1) is 0 Å². The summed E-state index contributed by atoms with van der Waals surface area (Å²) < 4.78 is 0. The van der Waals surface area contributed by atoms with Crippen LogP contribution < -0.4 is 0 Å². The van der Waals surface area contributed by atoms with Gasteiger partial charge in [-0.3, -0.25) is 4.79 Å². The molecule has 78 valence electrons. The van der Waals surface area contributed by atoms with E-state index in [2.05, 4.69) is 5.38 Å². The first kappa shape index (κ1) is 10.4. The smallest absolute Gasteiger partial charge is 0.254 e. The van der Waals surface area contributed by atoms with Gasteiger partial charge in [-0.05, 0) is 33.8 Å². The van der Waals surface area contributed by atoms with Crippen LogP contribution in [-0.2, 0) is 6.54 Å². The van der Waals surface area contributed by atoms with E-state index in [1.54, 1.807) is 27.6 Å². The molecule has 0 aromatic carbocycles. The van der Waals surface area contributed by atoms with E-state index in [0.29, 0.717) is 6.54 Å². The molecule has 0 bridgehead atoms. The quantitative estimate of drug-likeness (QED) is 0.803. The van der Waals surface area contributed by atoms with Gasteiger partial charge in [-0.15, -0.1) is 0 Å². The molecule has 15 heavy (non-hydrogen) atoms. The molecule has 0 unspecified atom stereocenters. The van der Waals surface area contributed by atoms with Gasteiger partial charge in [-0.25, -0.2) is 0 Å². The average molecular weight is 237 g/mol. The van der Waals surface area contributed by atoms with Crippen molar-refractivity contribution in [2.45, 2.75) is 6.54 Å². The first-order chi connectivity index (χ1) is 7.27. The van der Waals surface area contributed by atoms with E-state index < -0.39 is 0 Å². The Morgan fingerprint density at radius 1 is 1.27 bits per heavy atom. The Morgan fingerprint density at radius 3 is 2.60 bits per heavy atom. The number of carbonyl (C=O) groups excluding carboxylic acids is 1. The predicted octanol–water partition coefficient (Wildman–Crippen LogP) is 3.08. The molecule has 0 aliphatic rings. The lowest BCUT2D eigenvalue weighted by Crippen LogP contribution is -2.25. The fourth-order valence-corrected chi connectivity index (χ4v) is 2.62. The van der Waals surface area contributed by atoms with Crippen LogP contribution in [-0.4, -0.2) is 17.9 Å². The Hall–Kier alpha value is -1.13. The fraction of sp³-hybridized carbons (Fsp3) is 0.182. The number of thiophene rings is 2. The average Bonchev–Trinajstić information content (AvgIpc) is 2.88. The number of nitrogens with zero attached hydrogens (tertiary/aromatic N) is 1. The van der Waals surface area contributed by atoms with Crippen molar-refractivity contribution in [1.82, 2.24) is 4.90 Å². The molecule has 0 N–H and O–H groups in total. The minimum Gasteiger partial charge on any atom is -0.337 e. The summed E-state index contributed by atoms with van der Waals surface area (Å²) >= 11 is 3.20. The maximum Gasteiger partial charge on any atom is 0.254 e. The van der Waals surface area contributed by atoms with E-state index >= 15 is 0 Å². The van der Waals surface area contributed by atoms with Gasteiger partial charge in [0.15, 0.2) is 0 Å². The van der Waals surface area contributed by atoms with Gasteiger partial charge < -0.3 is 4.90 Å². The molecule has 2 aromatic rings. The van der Waals surface area contributed by atoms with Gasteiger partial charge in [-0.1, -0.05) is 0 Å². The third kappa shape index (κ3) is 2.46. The van der Waals surface area contributed by atoms with Gasteiger partial charge in [-0.2, -0.15) is 22.7 Å². The van der Waals surface area contributed by atoms with Crippen molar-refractivity contribution < 1.29 is 4.79 Å². The topological polar surface area (TPSA) is 20.3 Å². The first-order valence-corrected chi connectivity index (χ1v) is 6.44. The highest BCUT2D eigenvalue weighted by atomic mass is 32.1. The molecule has 2 nitrogen and oxygen atoms in total. The van der Waals surface area contributed by atoms with E-state index in [4.69, 9.17) is 0 Å². The summed E-state index contributed by atoms with van der Waals surface area (Å²) in [5, 5.41) is 7.90. The molecule has 0 saturated carbocycles. The molecule has 2 heterocycles. The van der Waals surface area contributed by atoms with Crippen molar-refractivity contribution in [3.05, 3.63) is 44.8 Å². The summed E-state index contributed by atoms with van der Waals surface area (Å²) in [6.07, 6.45) is 0.